The highest BCUT2D eigenvalue weighted by Crippen LogP contribution is 2.21. The maximum absolute atomic E-state index is 12.6. The third kappa shape index (κ3) is 4.63. The summed E-state index contributed by atoms with van der Waals surface area (Å²) in [5.74, 6) is 0.903. The van der Waals surface area contributed by atoms with E-state index in [1.54, 1.807) is 25.6 Å². The number of hydrogen-bond acceptors (Lipinski definition) is 8. The molecule has 0 bridgehead atoms. The van der Waals surface area contributed by atoms with Crippen LogP contribution in [0.1, 0.15) is 12.7 Å². The van der Waals surface area contributed by atoms with Crippen molar-refractivity contribution in [2.75, 3.05) is 44.8 Å². The molecule has 1 aliphatic rings. The number of piperazine rings is 1. The van der Waals surface area contributed by atoms with Crippen LogP contribution in [0.25, 0.3) is 11.2 Å². The fourth-order valence-electron chi connectivity index (χ4n) is 4.06. The van der Waals surface area contributed by atoms with Crippen molar-refractivity contribution < 1.29 is 14.3 Å². The van der Waals surface area contributed by atoms with Gasteiger partial charge in [-0.2, -0.15) is 0 Å². The summed E-state index contributed by atoms with van der Waals surface area (Å²) >= 11 is 0. The lowest BCUT2D eigenvalue weighted by atomic mass is 10.2. The van der Waals surface area contributed by atoms with Gasteiger partial charge in [0.15, 0.2) is 11.2 Å². The first-order valence-electron chi connectivity index (χ1n) is 10.9. The van der Waals surface area contributed by atoms with Gasteiger partial charge in [0.1, 0.15) is 18.1 Å². The molecule has 33 heavy (non-hydrogen) atoms. The van der Waals surface area contributed by atoms with E-state index in [2.05, 4.69) is 19.8 Å². The molecule has 3 aromatic rings. The molecule has 0 unspecified atom stereocenters. The molecule has 0 amide bonds. The fraction of sp³-hybridized carbons (Fsp3) is 0.455. The molecular formula is C22H28N6O5. The average Bonchev–Trinajstić information content (AvgIpc) is 3.16. The van der Waals surface area contributed by atoms with E-state index in [-0.39, 0.29) is 24.3 Å². The lowest BCUT2D eigenvalue weighted by Gasteiger charge is -2.36. The Bertz CT molecular complexity index is 1250. The molecule has 1 aromatic carbocycles. The third-order valence-corrected chi connectivity index (χ3v) is 5.85. The highest BCUT2D eigenvalue weighted by Gasteiger charge is 2.23. The van der Waals surface area contributed by atoms with E-state index in [1.807, 2.05) is 24.3 Å². The number of anilines is 1. The van der Waals surface area contributed by atoms with Gasteiger partial charge in [-0.05, 0) is 31.2 Å². The SMILES string of the molecule is CCOC(=O)Cn1c(CN2CCN(c3ccc(OC)cc3)CC2)nc2c1c(=O)[nH]c(=O)n2C. The van der Waals surface area contributed by atoms with Crippen molar-refractivity contribution in [2.24, 2.45) is 7.05 Å². The fourth-order valence-corrected chi connectivity index (χ4v) is 4.06. The summed E-state index contributed by atoms with van der Waals surface area (Å²) in [4.78, 5) is 48.2. The van der Waals surface area contributed by atoms with Gasteiger partial charge in [-0.3, -0.25) is 24.0 Å². The summed E-state index contributed by atoms with van der Waals surface area (Å²) in [6.07, 6.45) is 0. The predicted octanol–water partition coefficient (Wildman–Crippen LogP) is 0.317. The average molecular weight is 457 g/mol. The molecule has 1 saturated heterocycles. The van der Waals surface area contributed by atoms with Crippen molar-refractivity contribution in [3.05, 3.63) is 50.9 Å². The number of carbonyl (C=O) groups excluding carboxylic acids is 1. The van der Waals surface area contributed by atoms with E-state index in [0.717, 1.165) is 37.6 Å². The second-order valence-corrected chi connectivity index (χ2v) is 7.87. The number of imidazole rings is 1. The molecule has 176 valence electrons. The van der Waals surface area contributed by atoms with Crippen LogP contribution in [-0.4, -0.2) is 69.9 Å². The van der Waals surface area contributed by atoms with Crippen LogP contribution < -0.4 is 20.9 Å². The van der Waals surface area contributed by atoms with E-state index >= 15 is 0 Å². The molecule has 1 N–H and O–H groups in total. The number of aryl methyl sites for hydroxylation is 1. The van der Waals surface area contributed by atoms with Gasteiger partial charge in [-0.1, -0.05) is 0 Å². The Balaban J connectivity index is 1.56. The first-order valence-corrected chi connectivity index (χ1v) is 10.9. The van der Waals surface area contributed by atoms with Crippen molar-refractivity contribution >= 4 is 22.8 Å². The van der Waals surface area contributed by atoms with Crippen LogP contribution in [0.4, 0.5) is 5.69 Å². The molecule has 0 radical (unpaired) electrons. The number of methoxy groups -OCH3 is 1. The van der Waals surface area contributed by atoms with E-state index in [0.29, 0.717) is 12.4 Å². The number of fused-ring (bicyclic) bond motifs is 1. The molecule has 3 heterocycles. The number of ether oxygens (including phenoxy) is 2. The highest BCUT2D eigenvalue weighted by molar-refractivity contribution is 5.75. The number of nitrogens with zero attached hydrogens (tertiary/aromatic N) is 5. The van der Waals surface area contributed by atoms with Crippen LogP contribution in [0.2, 0.25) is 0 Å². The Morgan fingerprint density at radius 1 is 1.12 bits per heavy atom. The van der Waals surface area contributed by atoms with Crippen molar-refractivity contribution in [2.45, 2.75) is 20.0 Å². The topological polar surface area (TPSA) is 115 Å². The second kappa shape index (κ2) is 9.49. The van der Waals surface area contributed by atoms with Gasteiger partial charge in [0.2, 0.25) is 0 Å². The van der Waals surface area contributed by atoms with Gasteiger partial charge >= 0.3 is 11.7 Å². The van der Waals surface area contributed by atoms with Gasteiger partial charge in [0.05, 0.1) is 20.3 Å². The number of aromatic nitrogens is 4. The molecule has 11 heteroatoms. The van der Waals surface area contributed by atoms with Crippen molar-refractivity contribution in [3.8, 4) is 5.75 Å². The lowest BCUT2D eigenvalue weighted by molar-refractivity contribution is -0.143. The molecular weight excluding hydrogens is 428 g/mol. The Labute approximate surface area is 190 Å². The molecule has 2 aromatic heterocycles. The zero-order valence-electron chi connectivity index (χ0n) is 19.0. The highest BCUT2D eigenvalue weighted by atomic mass is 16.5. The van der Waals surface area contributed by atoms with Gasteiger partial charge in [-0.15, -0.1) is 0 Å². The normalized spacial score (nSPS) is 14.6. The summed E-state index contributed by atoms with van der Waals surface area (Å²) in [6.45, 7) is 5.47. The smallest absolute Gasteiger partial charge is 0.329 e. The number of esters is 1. The largest absolute Gasteiger partial charge is 0.497 e. The van der Waals surface area contributed by atoms with Gasteiger partial charge in [0, 0.05) is 38.9 Å². The van der Waals surface area contributed by atoms with Crippen LogP contribution in [0, 0.1) is 0 Å². The Kier molecular flexibility index (Phi) is 6.50. The van der Waals surface area contributed by atoms with Crippen molar-refractivity contribution in [3.63, 3.8) is 0 Å². The van der Waals surface area contributed by atoms with E-state index < -0.39 is 17.2 Å². The number of nitrogens with one attached hydrogen (secondary N) is 1. The maximum Gasteiger partial charge on any atom is 0.329 e. The monoisotopic (exact) mass is 456 g/mol. The lowest BCUT2D eigenvalue weighted by Crippen LogP contribution is -2.46. The molecule has 0 spiro atoms. The Morgan fingerprint density at radius 3 is 2.45 bits per heavy atom. The number of benzene rings is 1. The molecule has 1 aliphatic heterocycles. The molecule has 11 nitrogen and oxygen atoms in total. The molecule has 0 saturated carbocycles. The molecule has 0 aliphatic carbocycles. The quantitative estimate of drug-likeness (QED) is 0.506. The number of carbonyl (C=O) groups is 1. The first-order chi connectivity index (χ1) is 15.9. The minimum Gasteiger partial charge on any atom is -0.497 e. The van der Waals surface area contributed by atoms with Gasteiger partial charge in [-0.25, -0.2) is 9.78 Å². The van der Waals surface area contributed by atoms with Crippen molar-refractivity contribution in [1.82, 2.24) is 24.0 Å². The maximum atomic E-state index is 12.6. The van der Waals surface area contributed by atoms with E-state index in [4.69, 9.17) is 9.47 Å². The summed E-state index contributed by atoms with van der Waals surface area (Å²) in [6, 6.07) is 7.97. The first kappa shape index (κ1) is 22.6. The summed E-state index contributed by atoms with van der Waals surface area (Å²) in [5.41, 5.74) is 0.455. The van der Waals surface area contributed by atoms with Crippen LogP contribution in [-0.2, 0) is 29.7 Å². The number of rotatable bonds is 7. The third-order valence-electron chi connectivity index (χ3n) is 5.85. The zero-order chi connectivity index (χ0) is 23.5. The molecule has 1 fully saturated rings. The van der Waals surface area contributed by atoms with Crippen molar-refractivity contribution in [1.29, 1.82) is 0 Å². The molecule has 0 atom stereocenters. The van der Waals surface area contributed by atoms with Crippen LogP contribution >= 0.6 is 0 Å². The number of hydrogen-bond donors (Lipinski definition) is 1. The summed E-state index contributed by atoms with van der Waals surface area (Å²) in [7, 11) is 3.19. The van der Waals surface area contributed by atoms with E-state index in [1.165, 1.54) is 4.57 Å². The van der Waals surface area contributed by atoms with Crippen LogP contribution in [0.15, 0.2) is 33.9 Å². The minimum atomic E-state index is -0.569. The van der Waals surface area contributed by atoms with Gasteiger partial charge < -0.3 is 18.9 Å². The predicted molar refractivity (Wildman–Crippen MR) is 123 cm³/mol. The van der Waals surface area contributed by atoms with Gasteiger partial charge in [0.25, 0.3) is 5.56 Å². The number of H-pyrrole nitrogens is 1. The van der Waals surface area contributed by atoms with Crippen LogP contribution in [0.3, 0.4) is 0 Å². The molecule has 4 rings (SSSR count). The summed E-state index contributed by atoms with van der Waals surface area (Å²) < 4.78 is 13.2. The number of aromatic amines is 1. The standard InChI is InChI=1S/C22H28N6O5/c1-4-33-18(29)14-28-17(23-20-19(28)21(30)24-22(31)25(20)2)13-26-9-11-27(12-10-26)15-5-7-16(32-3)8-6-15/h5-8H,4,9-14H2,1-3H3,(H,24,30,31). The summed E-state index contributed by atoms with van der Waals surface area (Å²) in [5, 5.41) is 0. The second-order valence-electron chi connectivity index (χ2n) is 7.87. The minimum absolute atomic E-state index is 0.146. The van der Waals surface area contributed by atoms with E-state index in [9.17, 15) is 14.4 Å². The zero-order valence-corrected chi connectivity index (χ0v) is 19.0. The Morgan fingerprint density at radius 2 is 1.82 bits per heavy atom. The Hall–Kier alpha value is -3.60. The van der Waals surface area contributed by atoms with Crippen LogP contribution in [0.5, 0.6) is 5.75 Å².